The Balaban J connectivity index is 2.21. The van der Waals surface area contributed by atoms with E-state index in [0.29, 0.717) is 25.5 Å². The predicted molar refractivity (Wildman–Crippen MR) is 69.7 cm³/mol. The van der Waals surface area contributed by atoms with E-state index in [0.717, 1.165) is 12.6 Å². The van der Waals surface area contributed by atoms with Crippen molar-refractivity contribution in [3.05, 3.63) is 23.6 Å². The molecule has 1 amide bonds. The molecule has 1 saturated heterocycles. The molecule has 5 nitrogen and oxygen atoms in total. The van der Waals surface area contributed by atoms with Crippen LogP contribution in [0.2, 0.25) is 0 Å². The number of nitrogens with one attached hydrogen (secondary N) is 1. The highest BCUT2D eigenvalue weighted by Crippen LogP contribution is 2.18. The maximum atomic E-state index is 13.3. The van der Waals surface area contributed by atoms with Crippen molar-refractivity contribution >= 4 is 11.7 Å². The second-order valence-electron chi connectivity index (χ2n) is 4.45. The van der Waals surface area contributed by atoms with Gasteiger partial charge in [-0.3, -0.25) is 4.79 Å². The molecule has 1 aliphatic heterocycles. The number of rotatable bonds is 3. The molecular formula is C13H18FN3O2. The summed E-state index contributed by atoms with van der Waals surface area (Å²) >= 11 is 0. The highest BCUT2D eigenvalue weighted by molar-refractivity contribution is 5.98. The Labute approximate surface area is 111 Å². The van der Waals surface area contributed by atoms with Gasteiger partial charge in [-0.15, -0.1) is 0 Å². The quantitative estimate of drug-likeness (QED) is 0.902. The lowest BCUT2D eigenvalue weighted by molar-refractivity contribution is -0.0226. The number of amides is 1. The van der Waals surface area contributed by atoms with E-state index in [-0.39, 0.29) is 17.6 Å². The number of nitrogens with zero attached hydrogens (tertiary/aromatic N) is 2. The lowest BCUT2D eigenvalue weighted by atomic mass is 10.1. The standard InChI is InChI=1S/C13H18FN3O2/c1-3-10-8-17(4-5-19-10)13(18)11-6-9(14)7-16-12(11)15-2/h6-7,10H,3-5,8H2,1-2H3,(H,15,16). The molecule has 2 heterocycles. The molecule has 19 heavy (non-hydrogen) atoms. The smallest absolute Gasteiger partial charge is 0.257 e. The Morgan fingerprint density at radius 2 is 2.47 bits per heavy atom. The summed E-state index contributed by atoms with van der Waals surface area (Å²) < 4.78 is 18.8. The zero-order chi connectivity index (χ0) is 13.8. The molecule has 1 unspecified atom stereocenters. The summed E-state index contributed by atoms with van der Waals surface area (Å²) in [5, 5.41) is 2.81. The number of pyridine rings is 1. The summed E-state index contributed by atoms with van der Waals surface area (Å²) in [4.78, 5) is 18.0. The molecule has 0 bridgehead atoms. The van der Waals surface area contributed by atoms with Crippen LogP contribution in [0.4, 0.5) is 10.2 Å². The van der Waals surface area contributed by atoms with Crippen molar-refractivity contribution < 1.29 is 13.9 Å². The van der Waals surface area contributed by atoms with Crippen LogP contribution in [-0.2, 0) is 4.74 Å². The molecule has 1 fully saturated rings. The average Bonchev–Trinajstić information content (AvgIpc) is 2.46. The van der Waals surface area contributed by atoms with Crippen LogP contribution in [0, 0.1) is 5.82 Å². The normalized spacial score (nSPS) is 19.3. The second kappa shape index (κ2) is 5.97. The highest BCUT2D eigenvalue weighted by Gasteiger charge is 2.26. The number of hydrogen-bond acceptors (Lipinski definition) is 4. The molecule has 1 aromatic rings. The van der Waals surface area contributed by atoms with E-state index in [9.17, 15) is 9.18 Å². The number of morpholine rings is 1. The van der Waals surface area contributed by atoms with E-state index in [4.69, 9.17) is 4.74 Å². The number of carbonyl (C=O) groups is 1. The number of carbonyl (C=O) groups excluding carboxylic acids is 1. The summed E-state index contributed by atoms with van der Waals surface area (Å²) in [6, 6.07) is 1.22. The zero-order valence-electron chi connectivity index (χ0n) is 11.1. The molecule has 0 aliphatic carbocycles. The number of anilines is 1. The molecule has 1 aliphatic rings. The van der Waals surface area contributed by atoms with Crippen LogP contribution in [0.5, 0.6) is 0 Å². The predicted octanol–water partition coefficient (Wildman–Crippen LogP) is 1.51. The van der Waals surface area contributed by atoms with Crippen LogP contribution in [0.3, 0.4) is 0 Å². The topological polar surface area (TPSA) is 54.5 Å². The van der Waals surface area contributed by atoms with Crippen LogP contribution in [0.25, 0.3) is 0 Å². The van der Waals surface area contributed by atoms with Gasteiger partial charge >= 0.3 is 0 Å². The third-order valence-corrected chi connectivity index (χ3v) is 3.20. The molecule has 1 N–H and O–H groups in total. The molecular weight excluding hydrogens is 249 g/mol. The Bertz CT molecular complexity index is 467. The first-order chi connectivity index (χ1) is 9.15. The Morgan fingerprint density at radius 1 is 1.68 bits per heavy atom. The lowest BCUT2D eigenvalue weighted by Crippen LogP contribution is -2.45. The number of aromatic nitrogens is 1. The summed E-state index contributed by atoms with van der Waals surface area (Å²) in [6.45, 7) is 3.59. The minimum absolute atomic E-state index is 0.0530. The van der Waals surface area contributed by atoms with Gasteiger partial charge in [-0.25, -0.2) is 9.37 Å². The Hall–Kier alpha value is -1.69. The molecule has 0 aromatic carbocycles. The fourth-order valence-corrected chi connectivity index (χ4v) is 2.12. The van der Waals surface area contributed by atoms with E-state index < -0.39 is 5.82 Å². The lowest BCUT2D eigenvalue weighted by Gasteiger charge is -2.32. The monoisotopic (exact) mass is 267 g/mol. The van der Waals surface area contributed by atoms with Gasteiger partial charge in [-0.1, -0.05) is 6.92 Å². The molecule has 0 saturated carbocycles. The van der Waals surface area contributed by atoms with Gasteiger partial charge in [-0.05, 0) is 12.5 Å². The molecule has 6 heteroatoms. The maximum absolute atomic E-state index is 13.3. The van der Waals surface area contributed by atoms with Gasteiger partial charge in [0.1, 0.15) is 11.6 Å². The fraction of sp³-hybridized carbons (Fsp3) is 0.538. The van der Waals surface area contributed by atoms with Crippen molar-refractivity contribution in [2.24, 2.45) is 0 Å². The van der Waals surface area contributed by atoms with Crippen LogP contribution in [-0.4, -0.2) is 48.6 Å². The Kier molecular flexibility index (Phi) is 4.31. The van der Waals surface area contributed by atoms with Crippen LogP contribution < -0.4 is 5.32 Å². The Morgan fingerprint density at radius 3 is 3.16 bits per heavy atom. The zero-order valence-corrected chi connectivity index (χ0v) is 11.1. The van der Waals surface area contributed by atoms with Crippen molar-refractivity contribution in [1.29, 1.82) is 0 Å². The maximum Gasteiger partial charge on any atom is 0.257 e. The third kappa shape index (κ3) is 3.01. The number of hydrogen-bond donors (Lipinski definition) is 1. The van der Waals surface area contributed by atoms with Gasteiger partial charge in [0.15, 0.2) is 0 Å². The first-order valence-electron chi connectivity index (χ1n) is 6.39. The van der Waals surface area contributed by atoms with Crippen LogP contribution >= 0.6 is 0 Å². The first-order valence-corrected chi connectivity index (χ1v) is 6.39. The third-order valence-electron chi connectivity index (χ3n) is 3.20. The van der Waals surface area contributed by atoms with Gasteiger partial charge < -0.3 is 15.0 Å². The minimum atomic E-state index is -0.511. The summed E-state index contributed by atoms with van der Waals surface area (Å²) in [7, 11) is 1.66. The first kappa shape index (κ1) is 13.7. The van der Waals surface area contributed by atoms with Crippen molar-refractivity contribution in [3.8, 4) is 0 Å². The van der Waals surface area contributed by atoms with Crippen molar-refractivity contribution in [1.82, 2.24) is 9.88 Å². The molecule has 1 aromatic heterocycles. The average molecular weight is 267 g/mol. The van der Waals surface area contributed by atoms with Gasteiger partial charge in [0.2, 0.25) is 0 Å². The molecule has 1 atom stereocenters. The van der Waals surface area contributed by atoms with Crippen molar-refractivity contribution in [3.63, 3.8) is 0 Å². The summed E-state index contributed by atoms with van der Waals surface area (Å²) in [5.41, 5.74) is 0.263. The highest BCUT2D eigenvalue weighted by atomic mass is 19.1. The van der Waals surface area contributed by atoms with E-state index in [1.807, 2.05) is 6.92 Å². The fourth-order valence-electron chi connectivity index (χ4n) is 2.12. The van der Waals surface area contributed by atoms with E-state index in [1.165, 1.54) is 6.07 Å². The number of halogens is 1. The molecule has 0 spiro atoms. The van der Waals surface area contributed by atoms with E-state index in [1.54, 1.807) is 11.9 Å². The van der Waals surface area contributed by atoms with Crippen molar-refractivity contribution in [2.75, 3.05) is 32.1 Å². The summed E-state index contributed by atoms with van der Waals surface area (Å²) in [5.74, 6) is -0.327. The molecule has 2 rings (SSSR count). The molecule has 0 radical (unpaired) electrons. The largest absolute Gasteiger partial charge is 0.375 e. The van der Waals surface area contributed by atoms with Gasteiger partial charge in [-0.2, -0.15) is 0 Å². The van der Waals surface area contributed by atoms with Crippen LogP contribution in [0.15, 0.2) is 12.3 Å². The SMILES string of the molecule is CCC1CN(C(=O)c2cc(F)cnc2NC)CCO1. The van der Waals surface area contributed by atoms with Gasteiger partial charge in [0, 0.05) is 20.1 Å². The number of ether oxygens (including phenoxy) is 1. The second-order valence-corrected chi connectivity index (χ2v) is 4.45. The van der Waals surface area contributed by atoms with Gasteiger partial charge in [0.05, 0.1) is 24.5 Å². The van der Waals surface area contributed by atoms with Gasteiger partial charge in [0.25, 0.3) is 5.91 Å². The summed E-state index contributed by atoms with van der Waals surface area (Å²) in [6.07, 6.45) is 2.00. The van der Waals surface area contributed by atoms with Crippen molar-refractivity contribution in [2.45, 2.75) is 19.4 Å². The van der Waals surface area contributed by atoms with Crippen LogP contribution in [0.1, 0.15) is 23.7 Å². The minimum Gasteiger partial charge on any atom is -0.375 e. The van der Waals surface area contributed by atoms with E-state index >= 15 is 0 Å². The molecule has 104 valence electrons. The van der Waals surface area contributed by atoms with E-state index in [2.05, 4.69) is 10.3 Å².